The third-order valence-electron chi connectivity index (χ3n) is 4.28. The number of anilines is 2. The highest BCUT2D eigenvalue weighted by Crippen LogP contribution is 2.34. The van der Waals surface area contributed by atoms with Gasteiger partial charge in [0, 0.05) is 24.7 Å². The number of hydrogen-bond donors (Lipinski definition) is 2. The van der Waals surface area contributed by atoms with E-state index < -0.39 is 22.4 Å². The van der Waals surface area contributed by atoms with Crippen molar-refractivity contribution >= 4 is 23.0 Å². The van der Waals surface area contributed by atoms with E-state index in [4.69, 9.17) is 0 Å². The second-order valence-corrected chi connectivity index (χ2v) is 6.46. The van der Waals surface area contributed by atoms with Gasteiger partial charge in [0.05, 0.1) is 17.0 Å². The third-order valence-corrected chi connectivity index (χ3v) is 4.28. The van der Waals surface area contributed by atoms with Gasteiger partial charge in [-0.1, -0.05) is 18.2 Å². The lowest BCUT2D eigenvalue weighted by molar-refractivity contribution is -0.384. The molecule has 3 rings (SSSR count). The van der Waals surface area contributed by atoms with Crippen molar-refractivity contribution in [1.29, 1.82) is 0 Å². The van der Waals surface area contributed by atoms with Crippen LogP contribution in [0.15, 0.2) is 55.1 Å². The molecule has 0 saturated carbocycles. The van der Waals surface area contributed by atoms with Crippen molar-refractivity contribution in [2.75, 3.05) is 17.2 Å². The number of nitrogens with zero attached hydrogens (tertiary/aromatic N) is 4. The number of nitro groups is 1. The first-order valence-electron chi connectivity index (χ1n) is 9.03. The average molecular weight is 434 g/mol. The summed E-state index contributed by atoms with van der Waals surface area (Å²) >= 11 is 0. The molecule has 0 aliphatic heterocycles. The van der Waals surface area contributed by atoms with Crippen LogP contribution >= 0.6 is 0 Å². The lowest BCUT2D eigenvalue weighted by Gasteiger charge is -2.12. The average Bonchev–Trinajstić information content (AvgIpc) is 3.22. The molecule has 0 unspecified atom stereocenters. The van der Waals surface area contributed by atoms with Crippen molar-refractivity contribution < 1.29 is 22.9 Å². The molecule has 31 heavy (non-hydrogen) atoms. The fourth-order valence-corrected chi connectivity index (χ4v) is 2.80. The second kappa shape index (κ2) is 9.24. The van der Waals surface area contributed by atoms with E-state index in [1.54, 1.807) is 23.1 Å². The van der Waals surface area contributed by atoms with Gasteiger partial charge in [-0.15, -0.1) is 0 Å². The van der Waals surface area contributed by atoms with Gasteiger partial charge < -0.3 is 10.6 Å². The molecule has 2 N–H and O–H groups in total. The first-order chi connectivity index (χ1) is 14.7. The fourth-order valence-electron chi connectivity index (χ4n) is 2.80. The molecule has 0 saturated heterocycles. The minimum Gasteiger partial charge on any atom is -0.379 e. The van der Waals surface area contributed by atoms with E-state index >= 15 is 0 Å². The molecule has 0 spiro atoms. The van der Waals surface area contributed by atoms with E-state index in [0.29, 0.717) is 18.3 Å². The molecule has 0 atom stereocenters. The number of halogens is 3. The summed E-state index contributed by atoms with van der Waals surface area (Å²) in [5.74, 6) is -0.367. The molecule has 1 aromatic heterocycles. The van der Waals surface area contributed by atoms with Gasteiger partial charge in [0.1, 0.15) is 18.3 Å². The summed E-state index contributed by atoms with van der Waals surface area (Å²) in [6.07, 6.45) is -1.81. The van der Waals surface area contributed by atoms with Gasteiger partial charge >= 0.3 is 6.18 Å². The van der Waals surface area contributed by atoms with Crippen molar-refractivity contribution in [2.24, 2.45) is 0 Å². The number of amides is 1. The van der Waals surface area contributed by atoms with E-state index in [9.17, 15) is 28.1 Å². The number of nitrogens with one attached hydrogen (secondary N) is 2. The first-order valence-corrected chi connectivity index (χ1v) is 9.03. The third kappa shape index (κ3) is 5.78. The Labute approximate surface area is 174 Å². The topological polar surface area (TPSA) is 115 Å². The summed E-state index contributed by atoms with van der Waals surface area (Å²) < 4.78 is 39.9. The molecule has 1 amide bonds. The van der Waals surface area contributed by atoms with Crippen molar-refractivity contribution in [1.82, 2.24) is 14.8 Å². The molecule has 9 nitrogen and oxygen atoms in total. The lowest BCUT2D eigenvalue weighted by atomic mass is 10.1. The Morgan fingerprint density at radius 1 is 1.16 bits per heavy atom. The van der Waals surface area contributed by atoms with E-state index in [2.05, 4.69) is 20.7 Å². The van der Waals surface area contributed by atoms with Gasteiger partial charge in [-0.3, -0.25) is 14.9 Å². The minimum absolute atomic E-state index is 0.0106. The number of benzene rings is 2. The monoisotopic (exact) mass is 434 g/mol. The predicted molar refractivity (Wildman–Crippen MR) is 105 cm³/mol. The highest BCUT2D eigenvalue weighted by molar-refractivity contribution is 5.91. The molecule has 162 valence electrons. The van der Waals surface area contributed by atoms with Crippen LogP contribution in [0.2, 0.25) is 0 Å². The summed E-state index contributed by atoms with van der Waals surface area (Å²) in [4.78, 5) is 26.4. The summed E-state index contributed by atoms with van der Waals surface area (Å²) in [5, 5.41) is 20.5. The zero-order chi connectivity index (χ0) is 22.4. The Balaban J connectivity index is 1.61. The maximum atomic E-state index is 12.8. The SMILES string of the molecule is O=C(CCNc1ccc(C(F)(F)F)cc1[N+](=O)[O-])Nc1ccccc1Cn1cncn1. The normalized spacial score (nSPS) is 11.2. The van der Waals surface area contributed by atoms with Crippen molar-refractivity contribution in [3.63, 3.8) is 0 Å². The Morgan fingerprint density at radius 2 is 1.94 bits per heavy atom. The lowest BCUT2D eigenvalue weighted by Crippen LogP contribution is -2.18. The number of carbonyl (C=O) groups is 1. The highest BCUT2D eigenvalue weighted by Gasteiger charge is 2.33. The summed E-state index contributed by atoms with van der Waals surface area (Å²) in [7, 11) is 0. The highest BCUT2D eigenvalue weighted by atomic mass is 19.4. The Kier molecular flexibility index (Phi) is 6.48. The maximum absolute atomic E-state index is 12.8. The summed E-state index contributed by atoms with van der Waals surface area (Å²) in [5.41, 5.74) is -0.562. The van der Waals surface area contributed by atoms with Crippen molar-refractivity contribution in [3.8, 4) is 0 Å². The van der Waals surface area contributed by atoms with Crippen molar-refractivity contribution in [3.05, 3.63) is 76.4 Å². The Bertz CT molecular complexity index is 1070. The van der Waals surface area contributed by atoms with Crippen LogP contribution in [0.5, 0.6) is 0 Å². The molecule has 12 heteroatoms. The van der Waals surface area contributed by atoms with Crippen LogP contribution in [0, 0.1) is 10.1 Å². The molecule has 0 fully saturated rings. The van der Waals surface area contributed by atoms with Crippen LogP contribution in [0.25, 0.3) is 0 Å². The molecule has 0 aliphatic carbocycles. The van der Waals surface area contributed by atoms with Gasteiger partial charge in [0.15, 0.2) is 0 Å². The van der Waals surface area contributed by atoms with Gasteiger partial charge in [-0.05, 0) is 23.8 Å². The smallest absolute Gasteiger partial charge is 0.379 e. The number of rotatable bonds is 8. The van der Waals surface area contributed by atoms with Gasteiger partial charge in [-0.2, -0.15) is 18.3 Å². The van der Waals surface area contributed by atoms with Gasteiger partial charge in [0.25, 0.3) is 5.69 Å². The number of hydrogen-bond acceptors (Lipinski definition) is 6. The molecule has 0 aliphatic rings. The fraction of sp³-hybridized carbons (Fsp3) is 0.211. The van der Waals surface area contributed by atoms with Crippen LogP contribution in [-0.2, 0) is 17.5 Å². The molecule has 1 heterocycles. The quantitative estimate of drug-likeness (QED) is 0.413. The summed E-state index contributed by atoms with van der Waals surface area (Å²) in [6.45, 7) is 0.385. The molecular weight excluding hydrogens is 417 g/mol. The first kappa shape index (κ1) is 21.7. The molecule has 2 aromatic carbocycles. The minimum atomic E-state index is -4.69. The second-order valence-electron chi connectivity index (χ2n) is 6.46. The van der Waals surface area contributed by atoms with Crippen molar-refractivity contribution in [2.45, 2.75) is 19.1 Å². The van der Waals surface area contributed by atoms with E-state index in [-0.39, 0.29) is 24.6 Å². The number of aromatic nitrogens is 3. The number of para-hydroxylation sites is 1. The molecule has 3 aromatic rings. The van der Waals surface area contributed by atoms with E-state index in [0.717, 1.165) is 17.7 Å². The zero-order valence-corrected chi connectivity index (χ0v) is 16.0. The van der Waals surface area contributed by atoms with Gasteiger partial charge in [-0.25, -0.2) is 9.67 Å². The maximum Gasteiger partial charge on any atom is 0.416 e. The molecular formula is C19H17F3N6O3. The molecule has 0 bridgehead atoms. The summed E-state index contributed by atoms with van der Waals surface area (Å²) in [6, 6.07) is 9.29. The number of nitro benzene ring substituents is 1. The number of carbonyl (C=O) groups excluding carboxylic acids is 1. The number of alkyl halides is 3. The van der Waals surface area contributed by atoms with Crippen LogP contribution in [0.3, 0.4) is 0 Å². The Hall–Kier alpha value is -3.96. The van der Waals surface area contributed by atoms with Crippen LogP contribution < -0.4 is 10.6 Å². The predicted octanol–water partition coefficient (Wildman–Crippen LogP) is 3.69. The van der Waals surface area contributed by atoms with Crippen LogP contribution in [-0.4, -0.2) is 32.1 Å². The standard InChI is InChI=1S/C19H17F3N6O3/c20-19(21,22)14-5-6-16(17(9-14)28(30)31)24-8-7-18(29)26-15-4-2-1-3-13(15)10-27-12-23-11-25-27/h1-6,9,11-12,24H,7-8,10H2,(H,26,29). The van der Waals surface area contributed by atoms with Gasteiger partial charge in [0.2, 0.25) is 5.91 Å². The largest absolute Gasteiger partial charge is 0.416 e. The molecule has 0 radical (unpaired) electrons. The van der Waals surface area contributed by atoms with Crippen LogP contribution in [0.1, 0.15) is 17.5 Å². The van der Waals surface area contributed by atoms with E-state index in [1.807, 2.05) is 12.1 Å². The Morgan fingerprint density at radius 3 is 2.61 bits per heavy atom. The van der Waals surface area contributed by atoms with E-state index in [1.165, 1.54) is 6.33 Å². The zero-order valence-electron chi connectivity index (χ0n) is 16.0. The van der Waals surface area contributed by atoms with Crippen LogP contribution in [0.4, 0.5) is 30.2 Å².